The third-order valence-corrected chi connectivity index (χ3v) is 6.98. The van der Waals surface area contributed by atoms with Crippen LogP contribution >= 0.6 is 0 Å². The molecule has 31 heavy (non-hydrogen) atoms. The van der Waals surface area contributed by atoms with Crippen LogP contribution in [0.3, 0.4) is 0 Å². The summed E-state index contributed by atoms with van der Waals surface area (Å²) in [5, 5.41) is 0. The van der Waals surface area contributed by atoms with Crippen LogP contribution in [0.5, 0.6) is 0 Å². The first-order chi connectivity index (χ1) is 14.7. The Morgan fingerprint density at radius 1 is 1.16 bits per heavy atom. The Kier molecular flexibility index (Phi) is 5.94. The van der Waals surface area contributed by atoms with Crippen LogP contribution in [0.2, 0.25) is 0 Å². The zero-order valence-electron chi connectivity index (χ0n) is 18.2. The predicted molar refractivity (Wildman–Crippen MR) is 121 cm³/mol. The normalized spacial score (nSPS) is 25.7. The molecule has 0 radical (unpaired) electrons. The summed E-state index contributed by atoms with van der Waals surface area (Å²) in [5.74, 6) is -0.149. The summed E-state index contributed by atoms with van der Waals surface area (Å²) in [7, 11) is -3.47. The van der Waals surface area contributed by atoms with Crippen LogP contribution in [-0.2, 0) is 26.0 Å². The number of amides is 1. The van der Waals surface area contributed by atoms with Gasteiger partial charge in [-0.05, 0) is 23.1 Å². The minimum atomic E-state index is -3.47. The molecule has 1 N–H and O–H groups in total. The zero-order chi connectivity index (χ0) is 22.2. The van der Waals surface area contributed by atoms with Gasteiger partial charge in [0.15, 0.2) is 0 Å². The Hall–Kier alpha value is -2.22. The molecule has 2 aliphatic rings. The highest BCUT2D eigenvalue weighted by atomic mass is 32.2. The molecule has 0 bridgehead atoms. The average molecular weight is 443 g/mol. The lowest BCUT2D eigenvalue weighted by Crippen LogP contribution is -2.61. The van der Waals surface area contributed by atoms with Gasteiger partial charge < -0.3 is 9.64 Å². The van der Waals surface area contributed by atoms with Crippen LogP contribution in [0.15, 0.2) is 54.6 Å². The first-order valence-electron chi connectivity index (χ1n) is 10.7. The molecule has 1 spiro atoms. The third kappa shape index (κ3) is 4.54. The van der Waals surface area contributed by atoms with Gasteiger partial charge in [0.05, 0.1) is 31.5 Å². The summed E-state index contributed by atoms with van der Waals surface area (Å²) in [5.41, 5.74) is 2.63. The van der Waals surface area contributed by atoms with E-state index in [1.807, 2.05) is 49.1 Å². The summed E-state index contributed by atoms with van der Waals surface area (Å²) >= 11 is 0. The minimum absolute atomic E-state index is 0.0249. The maximum Gasteiger partial charge on any atom is 0.225 e. The first-order valence-corrected chi connectivity index (χ1v) is 12.6. The molecule has 0 aliphatic carbocycles. The molecule has 3 atom stereocenters. The second kappa shape index (κ2) is 8.37. The molecule has 2 fully saturated rings. The van der Waals surface area contributed by atoms with Gasteiger partial charge in [0, 0.05) is 12.3 Å². The van der Waals surface area contributed by atoms with E-state index in [2.05, 4.69) is 29.0 Å². The molecule has 3 unspecified atom stereocenters. The van der Waals surface area contributed by atoms with Crippen molar-refractivity contribution in [2.75, 3.05) is 19.4 Å². The average Bonchev–Trinajstić information content (AvgIpc) is 3.01. The number of benzene rings is 2. The van der Waals surface area contributed by atoms with Crippen molar-refractivity contribution in [1.82, 2.24) is 9.62 Å². The lowest BCUT2D eigenvalue weighted by Gasteiger charge is -2.43. The fraction of sp³-hybridized carbons (Fsp3) is 0.458. The van der Waals surface area contributed by atoms with Gasteiger partial charge in [-0.15, -0.1) is 0 Å². The molecule has 2 heterocycles. The van der Waals surface area contributed by atoms with Crippen LogP contribution in [-0.4, -0.2) is 56.3 Å². The maximum atomic E-state index is 13.1. The Labute approximate surface area is 184 Å². The van der Waals surface area contributed by atoms with Crippen molar-refractivity contribution >= 4 is 15.9 Å². The van der Waals surface area contributed by atoms with E-state index in [1.165, 1.54) is 6.26 Å². The zero-order valence-corrected chi connectivity index (χ0v) is 19.1. The van der Waals surface area contributed by atoms with Crippen molar-refractivity contribution in [1.29, 1.82) is 0 Å². The molecule has 2 aromatic carbocycles. The molecule has 1 amide bonds. The number of sulfonamides is 1. The quantitative estimate of drug-likeness (QED) is 0.747. The van der Waals surface area contributed by atoms with E-state index in [0.29, 0.717) is 19.6 Å². The van der Waals surface area contributed by atoms with Crippen molar-refractivity contribution in [3.8, 4) is 11.1 Å². The number of carbonyl (C=O) groups excluding carboxylic acids is 1. The Balaban J connectivity index is 1.69. The van der Waals surface area contributed by atoms with E-state index in [-0.39, 0.29) is 17.9 Å². The van der Waals surface area contributed by atoms with Gasteiger partial charge in [-0.25, -0.2) is 13.1 Å². The largest absolute Gasteiger partial charge is 0.371 e. The number of nitrogens with zero attached hydrogens (tertiary/aromatic N) is 1. The number of hydrogen-bond donors (Lipinski definition) is 1. The molecule has 6 nitrogen and oxygen atoms in total. The number of likely N-dealkylation sites (tertiary alicyclic amines) is 1. The molecular formula is C24H30N2O4S. The molecule has 166 valence electrons. The van der Waals surface area contributed by atoms with E-state index in [1.54, 1.807) is 0 Å². The summed E-state index contributed by atoms with van der Waals surface area (Å²) < 4.78 is 33.1. The van der Waals surface area contributed by atoms with Crippen LogP contribution in [0.4, 0.5) is 0 Å². The molecule has 7 heteroatoms. The predicted octanol–water partition coefficient (Wildman–Crippen LogP) is 2.84. The van der Waals surface area contributed by atoms with Crippen LogP contribution in [0.1, 0.15) is 25.8 Å². The highest BCUT2D eigenvalue weighted by molar-refractivity contribution is 7.88. The van der Waals surface area contributed by atoms with Crippen molar-refractivity contribution in [2.24, 2.45) is 5.92 Å². The topological polar surface area (TPSA) is 75.7 Å². The number of rotatable bonds is 6. The van der Waals surface area contributed by atoms with Crippen molar-refractivity contribution in [2.45, 2.75) is 44.4 Å². The molecule has 2 aromatic rings. The SMILES string of the molecule is CC(C)C(=O)N1CC2(CCO2)C(NS(C)(=O)=O)C1Cc1cccc(-c2ccccc2)c1. The summed E-state index contributed by atoms with van der Waals surface area (Å²) in [6.07, 6.45) is 2.46. The second-order valence-electron chi connectivity index (χ2n) is 8.99. The summed E-state index contributed by atoms with van der Waals surface area (Å²) in [6.45, 7) is 4.75. The first kappa shape index (κ1) is 22.0. The minimum Gasteiger partial charge on any atom is -0.371 e. The fourth-order valence-corrected chi connectivity index (χ4v) is 5.57. The van der Waals surface area contributed by atoms with E-state index >= 15 is 0 Å². The van der Waals surface area contributed by atoms with E-state index < -0.39 is 21.7 Å². The standard InChI is InChI=1S/C24H30N2O4S/c1-17(2)23(27)26-16-24(12-13-30-24)22(25-31(3,28)29)21(26)15-18-8-7-11-20(14-18)19-9-5-4-6-10-19/h4-11,14,17,21-22,25H,12-13,15-16H2,1-3H3. The Bertz CT molecular complexity index is 1050. The third-order valence-electron chi connectivity index (χ3n) is 6.30. The Morgan fingerprint density at radius 3 is 2.42 bits per heavy atom. The van der Waals surface area contributed by atoms with Gasteiger partial charge in [0.1, 0.15) is 5.60 Å². The van der Waals surface area contributed by atoms with Gasteiger partial charge in [0.25, 0.3) is 0 Å². The molecule has 2 saturated heterocycles. The highest BCUT2D eigenvalue weighted by Crippen LogP contribution is 2.41. The van der Waals surface area contributed by atoms with E-state index in [9.17, 15) is 13.2 Å². The molecule has 0 aromatic heterocycles. The van der Waals surface area contributed by atoms with Crippen LogP contribution in [0, 0.1) is 5.92 Å². The number of ether oxygens (including phenoxy) is 1. The molecular weight excluding hydrogens is 412 g/mol. The number of hydrogen-bond acceptors (Lipinski definition) is 4. The number of nitrogens with one attached hydrogen (secondary N) is 1. The van der Waals surface area contributed by atoms with Crippen molar-refractivity contribution < 1.29 is 17.9 Å². The van der Waals surface area contributed by atoms with Crippen molar-refractivity contribution in [3.05, 3.63) is 60.2 Å². The molecule has 4 rings (SSSR count). The van der Waals surface area contributed by atoms with Gasteiger partial charge >= 0.3 is 0 Å². The molecule has 2 aliphatic heterocycles. The van der Waals surface area contributed by atoms with Crippen LogP contribution < -0.4 is 4.72 Å². The second-order valence-corrected chi connectivity index (χ2v) is 10.8. The lowest BCUT2D eigenvalue weighted by atomic mass is 9.85. The van der Waals surface area contributed by atoms with Gasteiger partial charge in [0.2, 0.25) is 15.9 Å². The van der Waals surface area contributed by atoms with Crippen molar-refractivity contribution in [3.63, 3.8) is 0 Å². The summed E-state index contributed by atoms with van der Waals surface area (Å²) in [6, 6.07) is 17.6. The van der Waals surface area contributed by atoms with Gasteiger partial charge in [-0.2, -0.15) is 0 Å². The number of carbonyl (C=O) groups is 1. The van der Waals surface area contributed by atoms with Gasteiger partial charge in [-0.3, -0.25) is 4.79 Å². The maximum absolute atomic E-state index is 13.1. The highest BCUT2D eigenvalue weighted by Gasteiger charge is 2.59. The Morgan fingerprint density at radius 2 is 1.84 bits per heavy atom. The van der Waals surface area contributed by atoms with E-state index in [0.717, 1.165) is 23.1 Å². The molecule has 0 saturated carbocycles. The fourth-order valence-electron chi connectivity index (χ4n) is 4.74. The summed E-state index contributed by atoms with van der Waals surface area (Å²) in [4.78, 5) is 14.9. The monoisotopic (exact) mass is 442 g/mol. The van der Waals surface area contributed by atoms with E-state index in [4.69, 9.17) is 4.74 Å². The van der Waals surface area contributed by atoms with Gasteiger partial charge in [-0.1, -0.05) is 68.4 Å². The lowest BCUT2D eigenvalue weighted by molar-refractivity contribution is -0.153. The smallest absolute Gasteiger partial charge is 0.225 e. The van der Waals surface area contributed by atoms with Crippen LogP contribution in [0.25, 0.3) is 11.1 Å².